The number of carbonyl (C=O) groups excluding carboxylic acids is 1. The number of thioether (sulfide) groups is 1. The van der Waals surface area contributed by atoms with Crippen LogP contribution < -0.4 is 0 Å². The maximum atomic E-state index is 12.7. The molecule has 6 nitrogen and oxygen atoms in total. The van der Waals surface area contributed by atoms with E-state index in [0.29, 0.717) is 21.8 Å². The maximum absolute atomic E-state index is 12.7. The van der Waals surface area contributed by atoms with Crippen LogP contribution in [0.3, 0.4) is 0 Å². The predicted molar refractivity (Wildman–Crippen MR) is 78.5 cm³/mol. The molecule has 1 heterocycles. The van der Waals surface area contributed by atoms with Crippen LogP contribution in [0.2, 0.25) is 0 Å². The van der Waals surface area contributed by atoms with Gasteiger partial charge in [0.15, 0.2) is 11.5 Å². The smallest absolute Gasteiger partial charge is 0.304 e. The van der Waals surface area contributed by atoms with E-state index in [-0.39, 0.29) is 17.3 Å². The fraction of sp³-hybridized carbons (Fsp3) is 0.333. The van der Waals surface area contributed by atoms with Crippen molar-refractivity contribution in [3.63, 3.8) is 0 Å². The number of benzene rings is 1. The topological polar surface area (TPSA) is 104 Å². The second-order valence-electron chi connectivity index (χ2n) is 5.26. The van der Waals surface area contributed by atoms with Gasteiger partial charge in [-0.2, -0.15) is 0 Å². The first-order valence-electron chi connectivity index (χ1n) is 6.76. The van der Waals surface area contributed by atoms with Crippen molar-refractivity contribution in [2.75, 3.05) is 6.26 Å². The molecule has 1 aliphatic rings. The number of hydrogen-bond acceptors (Lipinski definition) is 7. The van der Waals surface area contributed by atoms with E-state index in [2.05, 4.69) is 5.16 Å². The molecule has 0 bridgehead atoms. The molecule has 1 aromatic carbocycles. The average Bonchev–Trinajstić information content (AvgIpc) is 3.22. The summed E-state index contributed by atoms with van der Waals surface area (Å²) in [6, 6.07) is 4.14. The molecule has 22 heavy (non-hydrogen) atoms. The van der Waals surface area contributed by atoms with E-state index in [1.165, 1.54) is 36.2 Å². The summed E-state index contributed by atoms with van der Waals surface area (Å²) in [6.07, 6.45) is 5.17. The molecule has 0 unspecified atom stereocenters. The van der Waals surface area contributed by atoms with Crippen LogP contribution in [0.4, 0.5) is 0 Å². The average molecular weight is 321 g/mol. The molecule has 0 radical (unpaired) electrons. The Morgan fingerprint density at radius 3 is 2.64 bits per heavy atom. The van der Waals surface area contributed by atoms with Crippen LogP contribution in [0, 0.1) is 0 Å². The van der Waals surface area contributed by atoms with Gasteiger partial charge in [-0.05, 0) is 31.2 Å². The van der Waals surface area contributed by atoms with Crippen LogP contribution >= 0.6 is 11.8 Å². The third-order valence-corrected chi connectivity index (χ3v) is 4.40. The fourth-order valence-electron chi connectivity index (χ4n) is 2.29. The highest BCUT2D eigenvalue weighted by Crippen LogP contribution is 2.42. The fourth-order valence-corrected chi connectivity index (χ4v) is 2.92. The quantitative estimate of drug-likeness (QED) is 0.436. The first-order chi connectivity index (χ1) is 10.4. The minimum Gasteiger partial charge on any atom is -0.360 e. The summed E-state index contributed by atoms with van der Waals surface area (Å²) in [6.45, 7) is 0. The van der Waals surface area contributed by atoms with Crippen molar-refractivity contribution in [3.8, 4) is 0 Å². The second-order valence-corrected chi connectivity index (χ2v) is 6.11. The van der Waals surface area contributed by atoms with Crippen LogP contribution in [0.5, 0.6) is 0 Å². The summed E-state index contributed by atoms with van der Waals surface area (Å²) in [5, 5.41) is 31.4. The van der Waals surface area contributed by atoms with Gasteiger partial charge in [-0.3, -0.25) is 4.79 Å². The zero-order chi connectivity index (χ0) is 15.9. The lowest BCUT2D eigenvalue weighted by Crippen LogP contribution is -2.24. The summed E-state index contributed by atoms with van der Waals surface area (Å²) < 4.78 is 5.19. The lowest BCUT2D eigenvalue weighted by Gasteiger charge is -2.16. The number of hydrogen-bond donors (Lipinski definition) is 3. The van der Waals surface area contributed by atoms with Crippen molar-refractivity contribution < 1.29 is 24.6 Å². The molecule has 3 N–H and O–H groups in total. The molecule has 0 spiro atoms. The number of rotatable bonds is 5. The van der Waals surface area contributed by atoms with Crippen molar-refractivity contribution >= 4 is 17.5 Å². The van der Waals surface area contributed by atoms with Crippen molar-refractivity contribution in [1.29, 1.82) is 0 Å². The Balaban J connectivity index is 2.00. The van der Waals surface area contributed by atoms with E-state index < -0.39 is 5.97 Å². The Kier molecular flexibility index (Phi) is 3.82. The molecule has 1 saturated carbocycles. The molecule has 1 fully saturated rings. The first-order valence-corrected chi connectivity index (χ1v) is 7.99. The Hall–Kier alpha value is -1.67. The second kappa shape index (κ2) is 5.51. The van der Waals surface area contributed by atoms with E-state index in [0.717, 1.165) is 12.8 Å². The van der Waals surface area contributed by atoms with E-state index in [4.69, 9.17) is 4.52 Å². The zero-order valence-corrected chi connectivity index (χ0v) is 12.6. The molecule has 1 aromatic heterocycles. The summed E-state index contributed by atoms with van der Waals surface area (Å²) in [4.78, 5) is 13.2. The SMILES string of the molecule is CSc1cc(C(O)(O)O)ccc1C(=O)c1cnoc1C1CC1. The molecular formula is C15H15NO5S. The highest BCUT2D eigenvalue weighted by Gasteiger charge is 2.33. The summed E-state index contributed by atoms with van der Waals surface area (Å²) >= 11 is 1.28. The molecule has 2 aromatic rings. The Morgan fingerprint density at radius 1 is 1.32 bits per heavy atom. The van der Waals surface area contributed by atoms with Crippen LogP contribution in [-0.2, 0) is 5.97 Å². The van der Waals surface area contributed by atoms with Gasteiger partial charge < -0.3 is 19.8 Å². The number of aromatic nitrogens is 1. The highest BCUT2D eigenvalue weighted by atomic mass is 32.2. The van der Waals surface area contributed by atoms with Crippen molar-refractivity contribution in [2.24, 2.45) is 0 Å². The van der Waals surface area contributed by atoms with Gasteiger partial charge in [0.25, 0.3) is 0 Å². The molecule has 116 valence electrons. The van der Waals surface area contributed by atoms with Gasteiger partial charge >= 0.3 is 5.97 Å². The Morgan fingerprint density at radius 2 is 2.05 bits per heavy atom. The zero-order valence-electron chi connectivity index (χ0n) is 11.8. The van der Waals surface area contributed by atoms with Gasteiger partial charge in [0, 0.05) is 21.9 Å². The van der Waals surface area contributed by atoms with E-state index in [9.17, 15) is 20.1 Å². The van der Waals surface area contributed by atoms with Gasteiger partial charge in [-0.15, -0.1) is 11.8 Å². The first kappa shape index (κ1) is 15.2. The van der Waals surface area contributed by atoms with Crippen LogP contribution in [-0.4, -0.2) is 32.5 Å². The van der Waals surface area contributed by atoms with Crippen LogP contribution in [0.15, 0.2) is 33.8 Å². The standard InChI is InChI=1S/C15H15NO5S/c1-22-12-6-9(15(18,19)20)4-5-10(12)13(17)11-7-16-21-14(11)8-2-3-8/h4-8,18-20H,2-3H2,1H3. The van der Waals surface area contributed by atoms with Crippen molar-refractivity contribution in [2.45, 2.75) is 29.6 Å². The monoisotopic (exact) mass is 321 g/mol. The summed E-state index contributed by atoms with van der Waals surface area (Å²) in [7, 11) is 0. The van der Waals surface area contributed by atoms with Gasteiger partial charge in [0.05, 0.1) is 11.8 Å². The van der Waals surface area contributed by atoms with E-state index in [1.54, 1.807) is 6.26 Å². The predicted octanol–water partition coefficient (Wildman–Crippen LogP) is 1.59. The van der Waals surface area contributed by atoms with Gasteiger partial charge in [-0.1, -0.05) is 11.2 Å². The Labute approximate surface area is 130 Å². The summed E-state index contributed by atoms with van der Waals surface area (Å²) in [5.74, 6) is -2.28. The lowest BCUT2D eigenvalue weighted by molar-refractivity contribution is -0.323. The van der Waals surface area contributed by atoms with E-state index in [1.807, 2.05) is 0 Å². The van der Waals surface area contributed by atoms with Gasteiger partial charge in [0.1, 0.15) is 0 Å². The van der Waals surface area contributed by atoms with Crippen LogP contribution in [0.1, 0.15) is 46.0 Å². The third kappa shape index (κ3) is 2.80. The molecule has 0 atom stereocenters. The minimum absolute atomic E-state index is 0.0962. The summed E-state index contributed by atoms with van der Waals surface area (Å²) in [5.41, 5.74) is 0.751. The maximum Gasteiger partial charge on any atom is 0.304 e. The lowest BCUT2D eigenvalue weighted by atomic mass is 10.0. The molecule has 0 aliphatic heterocycles. The molecule has 0 saturated heterocycles. The van der Waals surface area contributed by atoms with E-state index >= 15 is 0 Å². The molecule has 3 rings (SSSR count). The molecular weight excluding hydrogens is 306 g/mol. The number of ketones is 1. The van der Waals surface area contributed by atoms with Gasteiger partial charge in [0.2, 0.25) is 0 Å². The minimum atomic E-state index is -2.93. The molecule has 0 amide bonds. The molecule has 1 aliphatic carbocycles. The van der Waals surface area contributed by atoms with Gasteiger partial charge in [-0.25, -0.2) is 0 Å². The van der Waals surface area contributed by atoms with Crippen molar-refractivity contribution in [1.82, 2.24) is 5.16 Å². The number of carbonyl (C=O) groups is 1. The molecule has 7 heteroatoms. The Bertz CT molecular complexity index is 715. The number of nitrogens with zero attached hydrogens (tertiary/aromatic N) is 1. The highest BCUT2D eigenvalue weighted by molar-refractivity contribution is 7.98. The third-order valence-electron chi connectivity index (χ3n) is 3.62. The van der Waals surface area contributed by atoms with Crippen molar-refractivity contribution in [3.05, 3.63) is 46.8 Å². The number of aliphatic hydroxyl groups is 3. The largest absolute Gasteiger partial charge is 0.360 e. The van der Waals surface area contributed by atoms with Crippen LogP contribution in [0.25, 0.3) is 0 Å². The normalized spacial score (nSPS) is 15.1.